The van der Waals surface area contributed by atoms with E-state index in [1.54, 1.807) is 13.0 Å². The van der Waals surface area contributed by atoms with Crippen LogP contribution in [0.5, 0.6) is 0 Å². The molecule has 0 spiro atoms. The van der Waals surface area contributed by atoms with Crippen LogP contribution in [0.25, 0.3) is 0 Å². The monoisotopic (exact) mass is 396 g/mol. The Morgan fingerprint density at radius 3 is 2.44 bits per heavy atom. The largest absolute Gasteiger partial charge is 0.416 e. The van der Waals surface area contributed by atoms with Gasteiger partial charge in [0.2, 0.25) is 10.0 Å². The SMILES string of the molecule is C[C@@H](NS(=O)(=O)c1ccc(C(F)(F)F)cc1)C1CC=C(C(=O)NO)S1. The molecule has 138 valence electrons. The van der Waals surface area contributed by atoms with Crippen molar-refractivity contribution < 1.29 is 31.6 Å². The van der Waals surface area contributed by atoms with Crippen molar-refractivity contribution in [2.24, 2.45) is 0 Å². The Balaban J connectivity index is 2.05. The Labute approximate surface area is 146 Å². The van der Waals surface area contributed by atoms with Gasteiger partial charge in [-0.05, 0) is 37.6 Å². The predicted molar refractivity (Wildman–Crippen MR) is 85.2 cm³/mol. The first kappa shape index (κ1) is 19.8. The third-order valence-corrected chi connectivity index (χ3v) is 6.61. The molecular weight excluding hydrogens is 381 g/mol. The van der Waals surface area contributed by atoms with Crippen LogP contribution in [0, 0.1) is 0 Å². The molecule has 1 aromatic carbocycles. The van der Waals surface area contributed by atoms with E-state index in [4.69, 9.17) is 5.21 Å². The smallest absolute Gasteiger partial charge is 0.288 e. The number of thioether (sulfide) groups is 1. The fourth-order valence-electron chi connectivity index (χ4n) is 2.20. The second-order valence-electron chi connectivity index (χ2n) is 5.33. The van der Waals surface area contributed by atoms with Crippen molar-refractivity contribution in [2.75, 3.05) is 0 Å². The molecule has 0 aliphatic carbocycles. The Morgan fingerprint density at radius 2 is 1.92 bits per heavy atom. The highest BCUT2D eigenvalue weighted by Gasteiger charge is 2.32. The van der Waals surface area contributed by atoms with Crippen molar-refractivity contribution in [3.8, 4) is 0 Å². The molecule has 1 aliphatic rings. The van der Waals surface area contributed by atoms with Crippen LogP contribution in [0.15, 0.2) is 40.1 Å². The first-order chi connectivity index (χ1) is 11.5. The molecule has 6 nitrogen and oxygen atoms in total. The van der Waals surface area contributed by atoms with Gasteiger partial charge in [-0.3, -0.25) is 10.0 Å². The minimum Gasteiger partial charge on any atom is -0.288 e. The zero-order chi connectivity index (χ0) is 18.8. The number of rotatable bonds is 5. The van der Waals surface area contributed by atoms with E-state index in [0.29, 0.717) is 18.6 Å². The number of carbonyl (C=O) groups excluding carboxylic acids is 1. The summed E-state index contributed by atoms with van der Waals surface area (Å²) in [5, 5.41) is 8.31. The second-order valence-corrected chi connectivity index (χ2v) is 8.33. The minimum atomic E-state index is -4.54. The van der Waals surface area contributed by atoms with Gasteiger partial charge in [-0.1, -0.05) is 6.08 Å². The number of benzene rings is 1. The van der Waals surface area contributed by atoms with E-state index in [1.165, 1.54) is 5.48 Å². The molecule has 25 heavy (non-hydrogen) atoms. The van der Waals surface area contributed by atoms with Crippen LogP contribution >= 0.6 is 11.8 Å². The van der Waals surface area contributed by atoms with Crippen LogP contribution in [0.1, 0.15) is 18.9 Å². The number of halogens is 3. The maximum atomic E-state index is 12.5. The Hall–Kier alpha value is -1.56. The number of hydrogen-bond acceptors (Lipinski definition) is 5. The van der Waals surface area contributed by atoms with E-state index >= 15 is 0 Å². The second kappa shape index (κ2) is 7.36. The maximum absolute atomic E-state index is 12.5. The molecule has 2 atom stereocenters. The van der Waals surface area contributed by atoms with E-state index in [9.17, 15) is 26.4 Å². The molecule has 0 saturated carbocycles. The Bertz CT molecular complexity index is 776. The fraction of sp³-hybridized carbons (Fsp3) is 0.357. The number of sulfonamides is 1. The third-order valence-electron chi connectivity index (χ3n) is 3.53. The molecule has 2 rings (SSSR count). The first-order valence-corrected chi connectivity index (χ1v) is 9.41. The van der Waals surface area contributed by atoms with Gasteiger partial charge in [-0.25, -0.2) is 18.6 Å². The van der Waals surface area contributed by atoms with Gasteiger partial charge in [-0.15, -0.1) is 11.8 Å². The van der Waals surface area contributed by atoms with Crippen LogP contribution in [-0.2, 0) is 21.0 Å². The molecule has 11 heteroatoms. The van der Waals surface area contributed by atoms with Gasteiger partial charge in [0.1, 0.15) is 0 Å². The summed E-state index contributed by atoms with van der Waals surface area (Å²) in [4.78, 5) is 11.3. The summed E-state index contributed by atoms with van der Waals surface area (Å²) in [5.41, 5.74) is 0.564. The number of nitrogens with one attached hydrogen (secondary N) is 2. The van der Waals surface area contributed by atoms with Gasteiger partial charge < -0.3 is 0 Å². The lowest BCUT2D eigenvalue weighted by Gasteiger charge is -2.20. The van der Waals surface area contributed by atoms with Crippen molar-refractivity contribution in [1.82, 2.24) is 10.2 Å². The number of allylic oxidation sites excluding steroid dienone is 1. The number of amides is 1. The van der Waals surface area contributed by atoms with Gasteiger partial charge in [0.25, 0.3) is 5.91 Å². The average Bonchev–Trinajstić information content (AvgIpc) is 3.03. The summed E-state index contributed by atoms with van der Waals surface area (Å²) in [5.74, 6) is -0.676. The van der Waals surface area contributed by atoms with E-state index in [1.807, 2.05) is 0 Å². The lowest BCUT2D eigenvalue weighted by molar-refractivity contribution is -0.137. The van der Waals surface area contributed by atoms with Gasteiger partial charge in [-0.2, -0.15) is 13.2 Å². The third kappa shape index (κ3) is 4.75. The number of alkyl halides is 3. The van der Waals surface area contributed by atoms with Gasteiger partial charge in [0, 0.05) is 11.3 Å². The first-order valence-electron chi connectivity index (χ1n) is 7.05. The highest BCUT2D eigenvalue weighted by Crippen LogP contribution is 2.35. The molecule has 1 unspecified atom stereocenters. The van der Waals surface area contributed by atoms with E-state index in [-0.39, 0.29) is 15.1 Å². The van der Waals surface area contributed by atoms with Crippen molar-refractivity contribution in [3.63, 3.8) is 0 Å². The van der Waals surface area contributed by atoms with Crippen LogP contribution in [-0.4, -0.2) is 30.8 Å². The van der Waals surface area contributed by atoms with Crippen LogP contribution in [0.4, 0.5) is 13.2 Å². The molecule has 1 aromatic rings. The molecule has 1 aliphatic heterocycles. The van der Waals surface area contributed by atoms with E-state index in [2.05, 4.69) is 4.72 Å². The maximum Gasteiger partial charge on any atom is 0.416 e. The van der Waals surface area contributed by atoms with E-state index in [0.717, 1.165) is 23.9 Å². The fourth-order valence-corrected chi connectivity index (χ4v) is 4.71. The summed E-state index contributed by atoms with van der Waals surface area (Å²) >= 11 is 1.11. The molecule has 0 fully saturated rings. The van der Waals surface area contributed by atoms with Gasteiger partial charge >= 0.3 is 6.18 Å². The molecule has 1 heterocycles. The highest BCUT2D eigenvalue weighted by atomic mass is 32.2. The topological polar surface area (TPSA) is 95.5 Å². The van der Waals surface area contributed by atoms with Crippen molar-refractivity contribution in [2.45, 2.75) is 35.7 Å². The Morgan fingerprint density at radius 1 is 1.32 bits per heavy atom. The minimum absolute atomic E-state index is 0.271. The molecular formula is C14H15F3N2O4S2. The summed E-state index contributed by atoms with van der Waals surface area (Å²) in [6, 6.07) is 2.60. The summed E-state index contributed by atoms with van der Waals surface area (Å²) < 4.78 is 64.6. The molecule has 0 aromatic heterocycles. The molecule has 3 N–H and O–H groups in total. The molecule has 0 radical (unpaired) electrons. The van der Waals surface area contributed by atoms with Gasteiger partial charge in [0.05, 0.1) is 15.4 Å². The summed E-state index contributed by atoms with van der Waals surface area (Å²) in [7, 11) is -4.01. The van der Waals surface area contributed by atoms with Crippen molar-refractivity contribution >= 4 is 27.7 Å². The molecule has 0 saturated heterocycles. The Kier molecular flexibility index (Phi) is 5.82. The predicted octanol–water partition coefficient (Wildman–Crippen LogP) is 2.27. The van der Waals surface area contributed by atoms with E-state index < -0.39 is 33.7 Å². The number of carbonyl (C=O) groups is 1. The zero-order valence-electron chi connectivity index (χ0n) is 12.9. The number of hydrogen-bond donors (Lipinski definition) is 3. The highest BCUT2D eigenvalue weighted by molar-refractivity contribution is 8.04. The molecule has 0 bridgehead atoms. The number of hydroxylamine groups is 1. The zero-order valence-corrected chi connectivity index (χ0v) is 14.5. The van der Waals surface area contributed by atoms with Crippen molar-refractivity contribution in [3.05, 3.63) is 40.8 Å². The standard InChI is InChI=1S/C14H15F3N2O4S2/c1-8(11-6-7-12(24-11)13(20)18-21)19-25(22,23)10-4-2-9(3-5-10)14(15,16)17/h2-5,7-8,11,19,21H,6H2,1H3,(H,18,20)/t8-,11?/m1/s1. The normalized spacial score (nSPS) is 19.4. The average molecular weight is 396 g/mol. The van der Waals surface area contributed by atoms with Gasteiger partial charge in [0.15, 0.2) is 0 Å². The lowest BCUT2D eigenvalue weighted by atomic mass is 10.2. The summed E-state index contributed by atoms with van der Waals surface area (Å²) in [6.45, 7) is 1.59. The molecule has 1 amide bonds. The van der Waals surface area contributed by atoms with Crippen molar-refractivity contribution in [1.29, 1.82) is 0 Å². The van der Waals surface area contributed by atoms with Crippen LogP contribution < -0.4 is 10.2 Å². The van der Waals surface area contributed by atoms with Crippen LogP contribution in [0.2, 0.25) is 0 Å². The quantitative estimate of drug-likeness (QED) is 0.524. The summed E-state index contributed by atoms with van der Waals surface area (Å²) in [6.07, 6.45) is -2.56. The lowest BCUT2D eigenvalue weighted by Crippen LogP contribution is -2.39. The van der Waals surface area contributed by atoms with Crippen LogP contribution in [0.3, 0.4) is 0 Å².